The maximum Gasteiger partial charge on any atom is 0.475 e. The zero-order chi connectivity index (χ0) is 19.8. The van der Waals surface area contributed by atoms with Crippen molar-refractivity contribution in [3.8, 4) is 0 Å². The molecule has 0 aromatic heterocycles. The van der Waals surface area contributed by atoms with Gasteiger partial charge in [-0.05, 0) is 24.0 Å². The van der Waals surface area contributed by atoms with Gasteiger partial charge in [-0.25, -0.2) is 9.36 Å². The molecule has 150 valence electrons. The molecule has 1 fully saturated rings. The van der Waals surface area contributed by atoms with Crippen LogP contribution in [0, 0.1) is 0 Å². The van der Waals surface area contributed by atoms with Gasteiger partial charge in [0.15, 0.2) is 0 Å². The van der Waals surface area contributed by atoms with Gasteiger partial charge in [-0.3, -0.25) is 13.6 Å². The van der Waals surface area contributed by atoms with Gasteiger partial charge < -0.3 is 10.0 Å². The van der Waals surface area contributed by atoms with Crippen LogP contribution in [0.2, 0.25) is 0 Å². The summed E-state index contributed by atoms with van der Waals surface area (Å²) in [5.74, 6) is 0. The third-order valence-corrected chi connectivity index (χ3v) is 5.87. The summed E-state index contributed by atoms with van der Waals surface area (Å²) in [6.45, 7) is 0.553. The maximum absolute atomic E-state index is 13.2. The number of carboxylic acid groups (broad SMARTS) is 1. The zero-order valence-corrected chi connectivity index (χ0v) is 16.4. The van der Waals surface area contributed by atoms with Gasteiger partial charge in [0.25, 0.3) is 0 Å². The fourth-order valence-electron chi connectivity index (χ4n) is 3.01. The molecule has 0 saturated carbocycles. The first kappa shape index (κ1) is 20.6. The van der Waals surface area contributed by atoms with Gasteiger partial charge in [0.05, 0.1) is 25.9 Å². The molecule has 1 amide bonds. The molecule has 2 aromatic rings. The van der Waals surface area contributed by atoms with Gasteiger partial charge in [-0.2, -0.15) is 0 Å². The van der Waals surface area contributed by atoms with Crippen LogP contribution in [0.15, 0.2) is 60.7 Å². The predicted octanol–water partition coefficient (Wildman–Crippen LogP) is 4.69. The summed E-state index contributed by atoms with van der Waals surface area (Å²) in [6.07, 6.45) is 0.403. The molecule has 1 aliphatic heterocycles. The quantitative estimate of drug-likeness (QED) is 0.610. The lowest BCUT2D eigenvalue weighted by molar-refractivity contribution is 0.0769. The monoisotopic (exact) mass is 405 g/mol. The standard InChI is InChI=1S/C20H24NO6P/c22-20(23)21-13-7-12-19(21)16-27-28(24,25-14-17-8-3-1-4-9-17)26-15-18-10-5-2-6-11-18/h1-6,8-11,19H,7,12-16H2,(H,22,23). The number of phosphoric ester groups is 1. The van der Waals surface area contributed by atoms with E-state index >= 15 is 0 Å². The van der Waals surface area contributed by atoms with E-state index in [0.29, 0.717) is 13.0 Å². The van der Waals surface area contributed by atoms with Gasteiger partial charge in [0.1, 0.15) is 0 Å². The van der Waals surface area contributed by atoms with Crippen LogP contribution in [0.1, 0.15) is 24.0 Å². The van der Waals surface area contributed by atoms with Crippen LogP contribution in [0.4, 0.5) is 4.79 Å². The topological polar surface area (TPSA) is 85.3 Å². The number of likely N-dealkylation sites (tertiary alicyclic amines) is 1. The molecular formula is C20H24NO6P. The fourth-order valence-corrected chi connectivity index (χ4v) is 4.20. The average Bonchev–Trinajstić information content (AvgIpc) is 3.20. The van der Waals surface area contributed by atoms with Crippen molar-refractivity contribution in [2.45, 2.75) is 32.1 Å². The van der Waals surface area contributed by atoms with Gasteiger partial charge in [-0.1, -0.05) is 60.7 Å². The Balaban J connectivity index is 1.64. The Bertz CT molecular complexity index is 753. The van der Waals surface area contributed by atoms with Crippen LogP contribution in [0.5, 0.6) is 0 Å². The van der Waals surface area contributed by atoms with Crippen LogP contribution < -0.4 is 0 Å². The molecule has 7 nitrogen and oxygen atoms in total. The lowest BCUT2D eigenvalue weighted by atomic mass is 10.2. The number of rotatable bonds is 9. The highest BCUT2D eigenvalue weighted by Gasteiger charge is 2.34. The summed E-state index contributed by atoms with van der Waals surface area (Å²) in [5.41, 5.74) is 1.67. The van der Waals surface area contributed by atoms with E-state index < -0.39 is 13.9 Å². The lowest BCUT2D eigenvalue weighted by Crippen LogP contribution is -2.37. The number of phosphoric acid groups is 1. The number of carbonyl (C=O) groups is 1. The second-order valence-corrected chi connectivity index (χ2v) is 8.20. The van der Waals surface area contributed by atoms with Gasteiger partial charge in [-0.15, -0.1) is 0 Å². The Morgan fingerprint density at radius 2 is 1.50 bits per heavy atom. The summed E-state index contributed by atoms with van der Waals surface area (Å²) < 4.78 is 29.8. The predicted molar refractivity (Wildman–Crippen MR) is 104 cm³/mol. The van der Waals surface area contributed by atoms with Crippen molar-refractivity contribution in [3.63, 3.8) is 0 Å². The van der Waals surface area contributed by atoms with Crippen LogP contribution in [-0.4, -0.2) is 35.3 Å². The Labute approximate surface area is 164 Å². The normalized spacial score (nSPS) is 17.0. The van der Waals surface area contributed by atoms with Crippen molar-refractivity contribution in [3.05, 3.63) is 71.8 Å². The molecule has 0 radical (unpaired) electrons. The van der Waals surface area contributed by atoms with Crippen LogP contribution in [0.3, 0.4) is 0 Å². The first-order valence-electron chi connectivity index (χ1n) is 9.17. The largest absolute Gasteiger partial charge is 0.475 e. The number of nitrogens with zero attached hydrogens (tertiary/aromatic N) is 1. The van der Waals surface area contributed by atoms with Gasteiger partial charge >= 0.3 is 13.9 Å². The summed E-state index contributed by atoms with van der Waals surface area (Å²) in [7, 11) is -3.88. The average molecular weight is 405 g/mol. The molecule has 2 aromatic carbocycles. The van der Waals surface area contributed by atoms with Crippen molar-refractivity contribution in [2.24, 2.45) is 0 Å². The molecule has 1 saturated heterocycles. The molecule has 1 aliphatic rings. The molecule has 0 spiro atoms. The third-order valence-electron chi connectivity index (χ3n) is 4.51. The molecule has 1 atom stereocenters. The van der Waals surface area contributed by atoms with Crippen LogP contribution >= 0.6 is 7.82 Å². The Hall–Kier alpha value is -2.18. The Kier molecular flexibility index (Phi) is 7.23. The molecule has 1 N–H and O–H groups in total. The van der Waals surface area contributed by atoms with Crippen LogP contribution in [0.25, 0.3) is 0 Å². The van der Waals surface area contributed by atoms with Crippen molar-refractivity contribution in [2.75, 3.05) is 13.2 Å². The molecule has 0 bridgehead atoms. The highest BCUT2D eigenvalue weighted by atomic mass is 31.2. The highest BCUT2D eigenvalue weighted by molar-refractivity contribution is 7.48. The lowest BCUT2D eigenvalue weighted by Gasteiger charge is -2.24. The number of hydrogen-bond donors (Lipinski definition) is 1. The molecular weight excluding hydrogens is 381 g/mol. The second-order valence-electron chi connectivity index (χ2n) is 6.53. The SMILES string of the molecule is O=C(O)N1CCCC1COP(=O)(OCc1ccccc1)OCc1ccccc1. The van der Waals surface area contributed by atoms with Crippen molar-refractivity contribution in [1.82, 2.24) is 4.90 Å². The molecule has 0 aliphatic carbocycles. The second kappa shape index (κ2) is 9.85. The Morgan fingerprint density at radius 1 is 0.964 bits per heavy atom. The van der Waals surface area contributed by atoms with E-state index in [-0.39, 0.29) is 25.9 Å². The van der Waals surface area contributed by atoms with E-state index in [1.165, 1.54) is 4.90 Å². The van der Waals surface area contributed by atoms with E-state index in [2.05, 4.69) is 0 Å². The molecule has 28 heavy (non-hydrogen) atoms. The number of hydrogen-bond acceptors (Lipinski definition) is 5. The van der Waals surface area contributed by atoms with E-state index in [1.807, 2.05) is 60.7 Å². The van der Waals surface area contributed by atoms with E-state index in [0.717, 1.165) is 17.5 Å². The minimum absolute atomic E-state index is 0.0346. The van der Waals surface area contributed by atoms with E-state index in [9.17, 15) is 14.5 Å². The summed E-state index contributed by atoms with van der Waals surface area (Å²) in [6, 6.07) is 18.3. The van der Waals surface area contributed by atoms with Crippen molar-refractivity contribution < 1.29 is 28.0 Å². The van der Waals surface area contributed by atoms with Gasteiger partial charge in [0.2, 0.25) is 0 Å². The highest BCUT2D eigenvalue weighted by Crippen LogP contribution is 2.51. The zero-order valence-electron chi connectivity index (χ0n) is 15.5. The summed E-state index contributed by atoms with van der Waals surface area (Å²) in [4.78, 5) is 12.6. The van der Waals surface area contributed by atoms with Crippen molar-refractivity contribution >= 4 is 13.9 Å². The number of benzene rings is 2. The minimum atomic E-state index is -3.88. The smallest absolute Gasteiger partial charge is 0.465 e. The first-order chi connectivity index (χ1) is 13.6. The van der Waals surface area contributed by atoms with E-state index in [1.54, 1.807) is 0 Å². The van der Waals surface area contributed by atoms with E-state index in [4.69, 9.17) is 13.6 Å². The molecule has 3 rings (SSSR count). The molecule has 8 heteroatoms. The van der Waals surface area contributed by atoms with Crippen molar-refractivity contribution in [1.29, 1.82) is 0 Å². The molecule has 1 unspecified atom stereocenters. The number of amides is 1. The maximum atomic E-state index is 13.2. The minimum Gasteiger partial charge on any atom is -0.465 e. The first-order valence-corrected chi connectivity index (χ1v) is 10.6. The Morgan fingerprint density at radius 3 is 2.00 bits per heavy atom. The molecule has 1 heterocycles. The van der Waals surface area contributed by atoms with Gasteiger partial charge in [0, 0.05) is 6.54 Å². The third kappa shape index (κ3) is 5.91. The summed E-state index contributed by atoms with van der Waals surface area (Å²) in [5, 5.41) is 9.26. The summed E-state index contributed by atoms with van der Waals surface area (Å²) >= 11 is 0. The van der Waals surface area contributed by atoms with Crippen LogP contribution in [-0.2, 0) is 31.4 Å². The fraction of sp³-hybridized carbons (Fsp3) is 0.350.